The van der Waals surface area contributed by atoms with Crippen LogP contribution in [0, 0.1) is 0 Å². The number of rotatable bonds is 11. The molecular formula is C26H33NS. The minimum Gasteiger partial charge on any atom is -0.340 e. The second-order valence-corrected chi connectivity index (χ2v) is 8.67. The molecule has 0 atom stereocenters. The van der Waals surface area contributed by atoms with E-state index >= 15 is 0 Å². The molecule has 0 radical (unpaired) electrons. The van der Waals surface area contributed by atoms with Gasteiger partial charge in [0, 0.05) is 16.3 Å². The van der Waals surface area contributed by atoms with Crippen LogP contribution in [0.2, 0.25) is 0 Å². The lowest BCUT2D eigenvalue weighted by Crippen LogP contribution is -2.22. The SMILES string of the molecule is C=Cc1ccc2c(c1)Sc1cc(C=C)ccc1N2CCCCCCCCCC. The number of unbranched alkanes of at least 4 members (excludes halogenated alkanes) is 7. The van der Waals surface area contributed by atoms with Gasteiger partial charge in [-0.2, -0.15) is 0 Å². The van der Waals surface area contributed by atoms with E-state index in [0.29, 0.717) is 0 Å². The zero-order valence-corrected chi connectivity index (χ0v) is 18.1. The summed E-state index contributed by atoms with van der Waals surface area (Å²) in [7, 11) is 0. The first-order chi connectivity index (χ1) is 13.8. The third kappa shape index (κ3) is 5.11. The van der Waals surface area contributed by atoms with Gasteiger partial charge in [0.2, 0.25) is 0 Å². The van der Waals surface area contributed by atoms with Crippen LogP contribution in [0.15, 0.2) is 59.3 Å². The minimum absolute atomic E-state index is 1.08. The fourth-order valence-corrected chi connectivity index (χ4v) is 5.01. The van der Waals surface area contributed by atoms with Crippen LogP contribution in [-0.2, 0) is 0 Å². The Hall–Kier alpha value is -1.93. The highest BCUT2D eigenvalue weighted by Crippen LogP contribution is 2.49. The summed E-state index contributed by atoms with van der Waals surface area (Å²) in [6, 6.07) is 13.4. The van der Waals surface area contributed by atoms with Crippen LogP contribution < -0.4 is 4.90 Å². The van der Waals surface area contributed by atoms with Crippen LogP contribution >= 0.6 is 11.8 Å². The predicted octanol–water partition coefficient (Wildman–Crippen LogP) is 8.72. The molecule has 1 nitrogen and oxygen atoms in total. The first-order valence-electron chi connectivity index (χ1n) is 10.7. The van der Waals surface area contributed by atoms with Crippen molar-refractivity contribution in [2.24, 2.45) is 0 Å². The molecule has 0 bridgehead atoms. The van der Waals surface area contributed by atoms with Crippen molar-refractivity contribution in [1.29, 1.82) is 0 Å². The van der Waals surface area contributed by atoms with Gasteiger partial charge in [0.15, 0.2) is 0 Å². The third-order valence-electron chi connectivity index (χ3n) is 5.48. The van der Waals surface area contributed by atoms with E-state index in [-0.39, 0.29) is 0 Å². The highest BCUT2D eigenvalue weighted by molar-refractivity contribution is 7.99. The summed E-state index contributed by atoms with van der Waals surface area (Å²) in [5.74, 6) is 0. The van der Waals surface area contributed by atoms with Crippen LogP contribution in [0.3, 0.4) is 0 Å². The van der Waals surface area contributed by atoms with Gasteiger partial charge < -0.3 is 4.90 Å². The summed E-state index contributed by atoms with van der Waals surface area (Å²) >= 11 is 1.86. The quantitative estimate of drug-likeness (QED) is 0.352. The smallest absolute Gasteiger partial charge is 0.0553 e. The first-order valence-corrected chi connectivity index (χ1v) is 11.6. The second-order valence-electron chi connectivity index (χ2n) is 7.59. The van der Waals surface area contributed by atoms with Crippen molar-refractivity contribution in [3.8, 4) is 0 Å². The van der Waals surface area contributed by atoms with Gasteiger partial charge in [-0.1, -0.05) is 101 Å². The molecule has 1 aliphatic heterocycles. The van der Waals surface area contributed by atoms with Crippen molar-refractivity contribution < 1.29 is 0 Å². The Bertz CT molecular complexity index is 751. The van der Waals surface area contributed by atoms with E-state index in [9.17, 15) is 0 Å². The number of hydrogen-bond donors (Lipinski definition) is 0. The van der Waals surface area contributed by atoms with Crippen molar-refractivity contribution >= 4 is 35.3 Å². The van der Waals surface area contributed by atoms with Crippen molar-refractivity contribution in [3.63, 3.8) is 0 Å². The zero-order valence-electron chi connectivity index (χ0n) is 17.3. The maximum Gasteiger partial charge on any atom is 0.0553 e. The Morgan fingerprint density at radius 1 is 0.750 bits per heavy atom. The molecule has 0 amide bonds. The Labute approximate surface area is 175 Å². The molecule has 0 aliphatic carbocycles. The lowest BCUT2D eigenvalue weighted by atomic mass is 10.1. The Morgan fingerprint density at radius 3 is 1.75 bits per heavy atom. The Kier molecular flexibility index (Phi) is 7.85. The van der Waals surface area contributed by atoms with Crippen LogP contribution in [0.4, 0.5) is 11.4 Å². The average molecular weight is 392 g/mol. The van der Waals surface area contributed by atoms with E-state index in [2.05, 4.69) is 61.4 Å². The van der Waals surface area contributed by atoms with Crippen molar-refractivity contribution in [2.75, 3.05) is 11.4 Å². The molecule has 28 heavy (non-hydrogen) atoms. The van der Waals surface area contributed by atoms with Gasteiger partial charge in [0.1, 0.15) is 0 Å². The van der Waals surface area contributed by atoms with Crippen molar-refractivity contribution in [1.82, 2.24) is 0 Å². The molecule has 2 aromatic rings. The molecular weight excluding hydrogens is 358 g/mol. The number of nitrogens with zero attached hydrogens (tertiary/aromatic N) is 1. The van der Waals surface area contributed by atoms with Gasteiger partial charge in [-0.15, -0.1) is 0 Å². The summed E-state index contributed by atoms with van der Waals surface area (Å²) < 4.78 is 0. The van der Waals surface area contributed by atoms with Gasteiger partial charge in [0.25, 0.3) is 0 Å². The fourth-order valence-electron chi connectivity index (χ4n) is 3.82. The Morgan fingerprint density at radius 2 is 1.25 bits per heavy atom. The third-order valence-corrected chi connectivity index (χ3v) is 6.57. The van der Waals surface area contributed by atoms with Crippen molar-refractivity contribution in [2.45, 2.75) is 68.1 Å². The standard InChI is InChI=1S/C26H33NS/c1-4-7-8-9-10-11-12-13-18-27-23-16-14-21(5-2)19-25(23)28-26-20-22(6-3)15-17-24(26)27/h5-6,14-17,19-20H,2-4,7-13,18H2,1H3. The topological polar surface area (TPSA) is 3.24 Å². The second kappa shape index (κ2) is 10.6. The van der Waals surface area contributed by atoms with Gasteiger partial charge in [-0.25, -0.2) is 0 Å². The summed E-state index contributed by atoms with van der Waals surface area (Å²) in [4.78, 5) is 5.16. The zero-order chi connectivity index (χ0) is 19.8. The molecule has 1 heterocycles. The number of hydrogen-bond acceptors (Lipinski definition) is 2. The van der Waals surface area contributed by atoms with E-state index in [1.165, 1.54) is 83.7 Å². The average Bonchev–Trinajstić information content (AvgIpc) is 2.73. The normalized spacial score (nSPS) is 12.4. The number of anilines is 2. The van der Waals surface area contributed by atoms with Gasteiger partial charge >= 0.3 is 0 Å². The van der Waals surface area contributed by atoms with Crippen LogP contribution in [-0.4, -0.2) is 6.54 Å². The number of fused-ring (bicyclic) bond motifs is 2. The maximum atomic E-state index is 3.93. The van der Waals surface area contributed by atoms with E-state index in [1.807, 2.05) is 23.9 Å². The van der Waals surface area contributed by atoms with E-state index in [0.717, 1.165) is 6.54 Å². The van der Waals surface area contributed by atoms with Crippen molar-refractivity contribution in [3.05, 3.63) is 60.7 Å². The lowest BCUT2D eigenvalue weighted by Gasteiger charge is -2.33. The van der Waals surface area contributed by atoms with Gasteiger partial charge in [0.05, 0.1) is 11.4 Å². The fraction of sp³-hybridized carbons (Fsp3) is 0.385. The molecule has 0 fully saturated rings. The highest BCUT2D eigenvalue weighted by atomic mass is 32.2. The lowest BCUT2D eigenvalue weighted by molar-refractivity contribution is 0.576. The van der Waals surface area contributed by atoms with Crippen LogP contribution in [0.1, 0.15) is 69.4 Å². The molecule has 0 saturated carbocycles. The summed E-state index contributed by atoms with van der Waals surface area (Å²) in [6.07, 6.45) is 14.7. The highest BCUT2D eigenvalue weighted by Gasteiger charge is 2.23. The predicted molar refractivity (Wildman–Crippen MR) is 127 cm³/mol. The Balaban J connectivity index is 1.69. The molecule has 0 saturated heterocycles. The van der Waals surface area contributed by atoms with Gasteiger partial charge in [-0.05, 0) is 41.8 Å². The molecule has 148 valence electrons. The molecule has 0 N–H and O–H groups in total. The molecule has 0 unspecified atom stereocenters. The molecule has 3 rings (SSSR count). The molecule has 0 aromatic heterocycles. The summed E-state index contributed by atoms with van der Waals surface area (Å²) in [6.45, 7) is 11.2. The largest absolute Gasteiger partial charge is 0.340 e. The van der Waals surface area contributed by atoms with E-state index in [4.69, 9.17) is 0 Å². The number of benzene rings is 2. The van der Waals surface area contributed by atoms with Crippen LogP contribution in [0.5, 0.6) is 0 Å². The maximum absolute atomic E-state index is 3.93. The van der Waals surface area contributed by atoms with E-state index < -0.39 is 0 Å². The summed E-state index contributed by atoms with van der Waals surface area (Å²) in [5, 5.41) is 0. The minimum atomic E-state index is 1.08. The molecule has 0 spiro atoms. The summed E-state index contributed by atoms with van der Waals surface area (Å²) in [5.41, 5.74) is 5.03. The first kappa shape index (κ1) is 20.8. The molecule has 2 aromatic carbocycles. The van der Waals surface area contributed by atoms with Crippen LogP contribution in [0.25, 0.3) is 12.2 Å². The van der Waals surface area contributed by atoms with Gasteiger partial charge in [-0.3, -0.25) is 0 Å². The molecule has 2 heteroatoms. The molecule has 1 aliphatic rings. The van der Waals surface area contributed by atoms with E-state index in [1.54, 1.807) is 0 Å². The monoisotopic (exact) mass is 391 g/mol.